The Morgan fingerprint density at radius 3 is 2.54 bits per heavy atom. The zero-order valence-electron chi connectivity index (χ0n) is 7.37. The maximum absolute atomic E-state index is 10.9. The molecule has 74 valence electrons. The van der Waals surface area contributed by atoms with Gasteiger partial charge in [-0.2, -0.15) is 0 Å². The Balaban J connectivity index is 3.63. The Kier molecular flexibility index (Phi) is 5.45. The molecule has 6 heteroatoms. The molecule has 1 atom stereocenters. The highest BCUT2D eigenvalue weighted by atomic mass is 16.2. The summed E-state index contributed by atoms with van der Waals surface area (Å²) in [5.74, 6) is -0.824. The highest BCUT2D eigenvalue weighted by Crippen LogP contribution is 1.73. The molecule has 0 aromatic heterocycles. The first-order valence-electron chi connectivity index (χ1n) is 3.81. The molecule has 0 bridgehead atoms. The van der Waals surface area contributed by atoms with E-state index in [1.807, 2.05) is 0 Å². The number of nitrogens with one attached hydrogen (secondary N) is 2. The van der Waals surface area contributed by atoms with Gasteiger partial charge in [0.1, 0.15) is 6.29 Å². The third-order valence-electron chi connectivity index (χ3n) is 1.22. The third-order valence-corrected chi connectivity index (χ3v) is 1.22. The number of aldehydes is 1. The van der Waals surface area contributed by atoms with Gasteiger partial charge >= 0.3 is 0 Å². The number of carbonyl (C=O) groups excluding carboxylic acids is 3. The summed E-state index contributed by atoms with van der Waals surface area (Å²) >= 11 is 0. The van der Waals surface area contributed by atoms with E-state index in [0.29, 0.717) is 6.29 Å². The Morgan fingerprint density at radius 1 is 1.46 bits per heavy atom. The summed E-state index contributed by atoms with van der Waals surface area (Å²) in [5.41, 5.74) is 4.99. The summed E-state index contributed by atoms with van der Waals surface area (Å²) in [6.07, 6.45) is 0.600. The van der Waals surface area contributed by atoms with E-state index < -0.39 is 17.9 Å². The molecule has 0 spiro atoms. The quantitative estimate of drug-likeness (QED) is 0.424. The molecule has 0 radical (unpaired) electrons. The van der Waals surface area contributed by atoms with Gasteiger partial charge in [0.05, 0.1) is 19.1 Å². The summed E-state index contributed by atoms with van der Waals surface area (Å²) in [6.45, 7) is 1.22. The van der Waals surface area contributed by atoms with Gasteiger partial charge in [-0.3, -0.25) is 9.59 Å². The maximum Gasteiger partial charge on any atom is 0.239 e. The lowest BCUT2D eigenvalue weighted by atomic mass is 10.4. The summed E-state index contributed by atoms with van der Waals surface area (Å²) < 4.78 is 0. The normalized spacial score (nSPS) is 11.5. The molecular weight excluding hydrogens is 174 g/mol. The molecule has 0 heterocycles. The van der Waals surface area contributed by atoms with Gasteiger partial charge in [0.25, 0.3) is 0 Å². The lowest BCUT2D eigenvalue weighted by Crippen LogP contribution is -2.42. The van der Waals surface area contributed by atoms with Crippen molar-refractivity contribution in [1.29, 1.82) is 0 Å². The monoisotopic (exact) mass is 187 g/mol. The molecule has 0 aliphatic carbocycles. The topological polar surface area (TPSA) is 101 Å². The molecule has 0 saturated carbocycles. The van der Waals surface area contributed by atoms with Crippen LogP contribution >= 0.6 is 0 Å². The molecule has 0 unspecified atom stereocenters. The summed E-state index contributed by atoms with van der Waals surface area (Å²) in [7, 11) is 0. The summed E-state index contributed by atoms with van der Waals surface area (Å²) in [4.78, 5) is 31.6. The van der Waals surface area contributed by atoms with Crippen LogP contribution in [0.1, 0.15) is 6.92 Å². The minimum Gasteiger partial charge on any atom is -0.346 e. The number of nitrogens with two attached hydrogens (primary N) is 1. The molecule has 13 heavy (non-hydrogen) atoms. The van der Waals surface area contributed by atoms with Crippen LogP contribution in [0.5, 0.6) is 0 Å². The zero-order valence-corrected chi connectivity index (χ0v) is 7.37. The number of hydrogen-bond acceptors (Lipinski definition) is 4. The van der Waals surface area contributed by atoms with Gasteiger partial charge in [0.15, 0.2) is 0 Å². The molecule has 0 aliphatic heterocycles. The van der Waals surface area contributed by atoms with Crippen LogP contribution in [0.4, 0.5) is 0 Å². The fourth-order valence-electron chi connectivity index (χ4n) is 0.590. The average Bonchev–Trinajstić information content (AvgIpc) is 2.13. The van der Waals surface area contributed by atoms with Crippen LogP contribution in [0.15, 0.2) is 0 Å². The van der Waals surface area contributed by atoms with Gasteiger partial charge in [-0.25, -0.2) is 0 Å². The van der Waals surface area contributed by atoms with Crippen molar-refractivity contribution in [3.8, 4) is 0 Å². The SMILES string of the molecule is C[C@@H](C=O)NC(=O)CNC(=O)CN. The van der Waals surface area contributed by atoms with Crippen LogP contribution in [-0.2, 0) is 14.4 Å². The largest absolute Gasteiger partial charge is 0.346 e. The van der Waals surface area contributed by atoms with E-state index in [0.717, 1.165) is 0 Å². The Bertz CT molecular complexity index is 205. The fraction of sp³-hybridized carbons (Fsp3) is 0.571. The number of rotatable bonds is 5. The molecule has 0 aliphatic rings. The minimum atomic E-state index is -0.540. The first kappa shape index (κ1) is 11.6. The molecule has 0 fully saturated rings. The van der Waals surface area contributed by atoms with Crippen LogP contribution in [-0.4, -0.2) is 37.2 Å². The zero-order chi connectivity index (χ0) is 10.3. The first-order chi connectivity index (χ1) is 6.10. The van der Waals surface area contributed by atoms with Gasteiger partial charge < -0.3 is 21.2 Å². The first-order valence-corrected chi connectivity index (χ1v) is 3.81. The lowest BCUT2D eigenvalue weighted by Gasteiger charge is -2.07. The van der Waals surface area contributed by atoms with E-state index >= 15 is 0 Å². The van der Waals surface area contributed by atoms with Crippen molar-refractivity contribution in [2.45, 2.75) is 13.0 Å². The number of hydrogen-bond donors (Lipinski definition) is 3. The second-order valence-electron chi connectivity index (χ2n) is 2.47. The number of amides is 2. The van der Waals surface area contributed by atoms with Crippen molar-refractivity contribution in [2.75, 3.05) is 13.1 Å². The van der Waals surface area contributed by atoms with E-state index in [-0.39, 0.29) is 13.1 Å². The van der Waals surface area contributed by atoms with Crippen LogP contribution in [0.25, 0.3) is 0 Å². The van der Waals surface area contributed by atoms with Crippen molar-refractivity contribution in [2.24, 2.45) is 5.73 Å². The number of carbonyl (C=O) groups is 3. The van der Waals surface area contributed by atoms with E-state index in [2.05, 4.69) is 10.6 Å². The maximum atomic E-state index is 10.9. The molecule has 4 N–H and O–H groups in total. The van der Waals surface area contributed by atoms with E-state index in [1.165, 1.54) is 6.92 Å². The Hall–Kier alpha value is -1.43. The van der Waals surface area contributed by atoms with Crippen molar-refractivity contribution in [1.82, 2.24) is 10.6 Å². The smallest absolute Gasteiger partial charge is 0.239 e. The van der Waals surface area contributed by atoms with Crippen LogP contribution in [0, 0.1) is 0 Å². The van der Waals surface area contributed by atoms with Gasteiger partial charge in [-0.15, -0.1) is 0 Å². The molecule has 6 nitrogen and oxygen atoms in total. The molecule has 2 amide bonds. The van der Waals surface area contributed by atoms with Crippen molar-refractivity contribution in [3.63, 3.8) is 0 Å². The van der Waals surface area contributed by atoms with E-state index in [9.17, 15) is 14.4 Å². The van der Waals surface area contributed by atoms with Crippen LogP contribution in [0.2, 0.25) is 0 Å². The fourth-order valence-corrected chi connectivity index (χ4v) is 0.590. The van der Waals surface area contributed by atoms with Crippen molar-refractivity contribution >= 4 is 18.1 Å². The van der Waals surface area contributed by atoms with Gasteiger partial charge in [0.2, 0.25) is 11.8 Å². The molecule has 0 aromatic carbocycles. The van der Waals surface area contributed by atoms with E-state index in [1.54, 1.807) is 0 Å². The molecular formula is C7H13N3O3. The summed E-state index contributed by atoms with van der Waals surface area (Å²) in [6, 6.07) is -0.540. The lowest BCUT2D eigenvalue weighted by molar-refractivity contribution is -0.126. The highest BCUT2D eigenvalue weighted by molar-refractivity contribution is 5.86. The second-order valence-corrected chi connectivity index (χ2v) is 2.47. The van der Waals surface area contributed by atoms with E-state index in [4.69, 9.17) is 5.73 Å². The average molecular weight is 187 g/mol. The van der Waals surface area contributed by atoms with Crippen molar-refractivity contribution < 1.29 is 14.4 Å². The van der Waals surface area contributed by atoms with Gasteiger partial charge in [-0.1, -0.05) is 0 Å². The standard InChI is InChI=1S/C7H13N3O3/c1-5(4-11)10-7(13)3-9-6(12)2-8/h4-5H,2-3,8H2,1H3,(H,9,12)(H,10,13)/t5-/m0/s1. The Morgan fingerprint density at radius 2 is 2.08 bits per heavy atom. The Labute approximate surface area is 75.9 Å². The van der Waals surface area contributed by atoms with Crippen molar-refractivity contribution in [3.05, 3.63) is 0 Å². The third kappa shape index (κ3) is 5.80. The minimum absolute atomic E-state index is 0.156. The summed E-state index contributed by atoms with van der Waals surface area (Å²) in [5, 5.41) is 4.62. The van der Waals surface area contributed by atoms with Gasteiger partial charge in [0, 0.05) is 0 Å². The molecule has 0 rings (SSSR count). The predicted molar refractivity (Wildman–Crippen MR) is 45.7 cm³/mol. The van der Waals surface area contributed by atoms with Gasteiger partial charge in [-0.05, 0) is 6.92 Å². The highest BCUT2D eigenvalue weighted by Gasteiger charge is 2.06. The second kappa shape index (κ2) is 6.13. The van der Waals surface area contributed by atoms with Crippen LogP contribution < -0.4 is 16.4 Å². The molecule has 0 saturated heterocycles. The predicted octanol–water partition coefficient (Wildman–Crippen LogP) is -2.24. The molecule has 0 aromatic rings. The van der Waals surface area contributed by atoms with Crippen LogP contribution in [0.3, 0.4) is 0 Å².